The Balaban J connectivity index is 2.67. The topological polar surface area (TPSA) is 79.5 Å². The van der Waals surface area contributed by atoms with Gasteiger partial charge in [-0.3, -0.25) is 0 Å². The van der Waals surface area contributed by atoms with Crippen LogP contribution in [-0.2, 0) is 6.18 Å². The van der Waals surface area contributed by atoms with E-state index in [1.165, 1.54) is 0 Å². The summed E-state index contributed by atoms with van der Waals surface area (Å²) in [4.78, 5) is 14.6. The van der Waals surface area contributed by atoms with Crippen LogP contribution in [0.2, 0.25) is 0 Å². The number of aromatic nitrogens is 3. The number of carboxylic acid groups (broad SMARTS) is 1. The molecule has 9 heteroatoms. The molecule has 2 aromatic rings. The number of nitrogens with zero attached hydrogens (tertiary/aromatic N) is 3. The van der Waals surface area contributed by atoms with Gasteiger partial charge in [0.25, 0.3) is 0 Å². The van der Waals surface area contributed by atoms with E-state index >= 15 is 0 Å². The van der Waals surface area contributed by atoms with Crippen LogP contribution in [0.1, 0.15) is 30.0 Å². The summed E-state index contributed by atoms with van der Waals surface area (Å²) in [5, 5.41) is 15.2. The SMILES string of the molecule is CC(C)Nc1cc(C(=O)O)nc2cc(C(F)(F)F)nn12. The molecule has 0 radical (unpaired) electrons. The Morgan fingerprint density at radius 2 is 2.05 bits per heavy atom. The Kier molecular flexibility index (Phi) is 3.28. The molecule has 2 N–H and O–H groups in total. The highest BCUT2D eigenvalue weighted by molar-refractivity contribution is 5.87. The fourth-order valence-electron chi connectivity index (χ4n) is 1.62. The molecule has 20 heavy (non-hydrogen) atoms. The monoisotopic (exact) mass is 288 g/mol. The lowest BCUT2D eigenvalue weighted by molar-refractivity contribution is -0.141. The Morgan fingerprint density at radius 1 is 1.40 bits per heavy atom. The largest absolute Gasteiger partial charge is 0.477 e. The molecule has 0 atom stereocenters. The Labute approximate surface area is 111 Å². The van der Waals surface area contributed by atoms with Crippen LogP contribution in [0.15, 0.2) is 12.1 Å². The minimum absolute atomic E-state index is 0.110. The lowest BCUT2D eigenvalue weighted by Gasteiger charge is -2.11. The van der Waals surface area contributed by atoms with Gasteiger partial charge in [0.15, 0.2) is 17.0 Å². The van der Waals surface area contributed by atoms with Gasteiger partial charge in [0.1, 0.15) is 5.82 Å². The number of alkyl halides is 3. The third-order valence-corrected chi connectivity index (χ3v) is 2.37. The number of carbonyl (C=O) groups is 1. The quantitative estimate of drug-likeness (QED) is 0.905. The van der Waals surface area contributed by atoms with Gasteiger partial charge in [0, 0.05) is 18.2 Å². The summed E-state index contributed by atoms with van der Waals surface area (Å²) in [6.07, 6.45) is -4.62. The molecule has 0 bridgehead atoms. The van der Waals surface area contributed by atoms with Gasteiger partial charge in [-0.05, 0) is 13.8 Å². The van der Waals surface area contributed by atoms with Crippen LogP contribution in [-0.4, -0.2) is 31.7 Å². The van der Waals surface area contributed by atoms with Crippen LogP contribution in [0.4, 0.5) is 19.0 Å². The molecule has 0 spiro atoms. The van der Waals surface area contributed by atoms with Gasteiger partial charge in [0.05, 0.1) is 0 Å². The second-order valence-electron chi connectivity index (χ2n) is 4.43. The maximum atomic E-state index is 12.6. The van der Waals surface area contributed by atoms with Crippen molar-refractivity contribution in [3.05, 3.63) is 23.5 Å². The van der Waals surface area contributed by atoms with Crippen molar-refractivity contribution in [3.63, 3.8) is 0 Å². The number of carboxylic acids is 1. The molecular formula is C11H11F3N4O2. The van der Waals surface area contributed by atoms with E-state index in [9.17, 15) is 18.0 Å². The molecule has 0 aliphatic carbocycles. The smallest absolute Gasteiger partial charge is 0.435 e. The summed E-state index contributed by atoms with van der Waals surface area (Å²) in [6, 6.07) is 1.74. The Bertz CT molecular complexity index is 663. The Morgan fingerprint density at radius 3 is 2.55 bits per heavy atom. The Hall–Kier alpha value is -2.32. The average Bonchev–Trinajstić information content (AvgIpc) is 2.71. The zero-order chi connectivity index (χ0) is 15.1. The molecule has 0 saturated heterocycles. The van der Waals surface area contributed by atoms with Crippen molar-refractivity contribution in [1.29, 1.82) is 0 Å². The highest BCUT2D eigenvalue weighted by Gasteiger charge is 2.34. The van der Waals surface area contributed by atoms with Crippen LogP contribution >= 0.6 is 0 Å². The van der Waals surface area contributed by atoms with Crippen molar-refractivity contribution >= 4 is 17.4 Å². The van der Waals surface area contributed by atoms with Gasteiger partial charge in [-0.1, -0.05) is 0 Å². The zero-order valence-electron chi connectivity index (χ0n) is 10.6. The lowest BCUT2D eigenvalue weighted by atomic mass is 10.3. The van der Waals surface area contributed by atoms with Crippen molar-refractivity contribution in [2.75, 3.05) is 5.32 Å². The van der Waals surface area contributed by atoms with Crippen LogP contribution in [0.5, 0.6) is 0 Å². The average molecular weight is 288 g/mol. The summed E-state index contributed by atoms with van der Waals surface area (Å²) in [7, 11) is 0. The van der Waals surface area contributed by atoms with E-state index < -0.39 is 17.8 Å². The summed E-state index contributed by atoms with van der Waals surface area (Å²) >= 11 is 0. The molecule has 2 rings (SSSR count). The van der Waals surface area contributed by atoms with E-state index in [1.807, 2.05) is 0 Å². The maximum absolute atomic E-state index is 12.6. The first-order valence-electron chi connectivity index (χ1n) is 5.66. The van der Waals surface area contributed by atoms with E-state index in [4.69, 9.17) is 5.11 Å². The lowest BCUT2D eigenvalue weighted by Crippen LogP contribution is -2.15. The normalized spacial score (nSPS) is 12.1. The van der Waals surface area contributed by atoms with Crippen LogP contribution in [0.3, 0.4) is 0 Å². The van der Waals surface area contributed by atoms with Crippen LogP contribution in [0.25, 0.3) is 5.65 Å². The van der Waals surface area contributed by atoms with Gasteiger partial charge in [-0.15, -0.1) is 0 Å². The number of anilines is 1. The minimum atomic E-state index is -4.62. The van der Waals surface area contributed by atoms with Crippen molar-refractivity contribution in [2.45, 2.75) is 26.1 Å². The number of rotatable bonds is 3. The van der Waals surface area contributed by atoms with Crippen LogP contribution < -0.4 is 5.32 Å². The second-order valence-corrected chi connectivity index (χ2v) is 4.43. The van der Waals surface area contributed by atoms with E-state index in [1.54, 1.807) is 13.8 Å². The fourth-order valence-corrected chi connectivity index (χ4v) is 1.62. The molecular weight excluding hydrogens is 277 g/mol. The minimum Gasteiger partial charge on any atom is -0.477 e. The molecule has 0 aliphatic rings. The molecule has 0 unspecified atom stereocenters. The molecule has 2 aromatic heterocycles. The molecule has 108 valence electrons. The number of hydrogen-bond donors (Lipinski definition) is 2. The van der Waals surface area contributed by atoms with E-state index in [0.717, 1.165) is 10.6 Å². The molecule has 6 nitrogen and oxygen atoms in total. The fraction of sp³-hybridized carbons (Fsp3) is 0.364. The maximum Gasteiger partial charge on any atom is 0.435 e. The first kappa shape index (κ1) is 14.1. The number of nitrogens with one attached hydrogen (secondary N) is 1. The highest BCUT2D eigenvalue weighted by Crippen LogP contribution is 2.29. The standard InChI is InChI=1S/C11H11F3N4O2/c1-5(2)15-8-3-6(10(19)20)16-9-4-7(11(12,13)14)17-18(8)9/h3-5,15H,1-2H3,(H,19,20). The second kappa shape index (κ2) is 4.66. The first-order valence-corrected chi connectivity index (χ1v) is 5.66. The van der Waals surface area contributed by atoms with Crippen LogP contribution in [0, 0.1) is 0 Å². The van der Waals surface area contributed by atoms with Crippen molar-refractivity contribution in [2.24, 2.45) is 0 Å². The van der Waals surface area contributed by atoms with Crippen molar-refractivity contribution in [1.82, 2.24) is 14.6 Å². The van der Waals surface area contributed by atoms with Crippen molar-refractivity contribution in [3.8, 4) is 0 Å². The summed E-state index contributed by atoms with van der Waals surface area (Å²) in [6.45, 7) is 3.53. The molecule has 0 aromatic carbocycles. The van der Waals surface area contributed by atoms with Gasteiger partial charge in [-0.2, -0.15) is 22.8 Å². The third-order valence-electron chi connectivity index (χ3n) is 2.37. The van der Waals surface area contributed by atoms with Gasteiger partial charge in [-0.25, -0.2) is 9.78 Å². The van der Waals surface area contributed by atoms with Gasteiger partial charge < -0.3 is 10.4 Å². The first-order chi connectivity index (χ1) is 9.18. The molecule has 0 amide bonds. The molecule has 0 saturated carbocycles. The number of fused-ring (bicyclic) bond motifs is 1. The predicted octanol–water partition coefficient (Wildman–Crippen LogP) is 2.27. The third kappa shape index (κ3) is 2.65. The highest BCUT2D eigenvalue weighted by atomic mass is 19.4. The predicted molar refractivity (Wildman–Crippen MR) is 63.7 cm³/mol. The zero-order valence-corrected chi connectivity index (χ0v) is 10.6. The number of halogens is 3. The number of hydrogen-bond acceptors (Lipinski definition) is 4. The summed E-state index contributed by atoms with van der Waals surface area (Å²) in [5.41, 5.74) is -1.66. The van der Waals surface area contributed by atoms with Crippen molar-refractivity contribution < 1.29 is 23.1 Å². The summed E-state index contributed by atoms with van der Waals surface area (Å²) in [5.74, 6) is -1.19. The molecule has 2 heterocycles. The van der Waals surface area contributed by atoms with E-state index in [2.05, 4.69) is 15.4 Å². The van der Waals surface area contributed by atoms with Gasteiger partial charge in [0.2, 0.25) is 0 Å². The van der Waals surface area contributed by atoms with Gasteiger partial charge >= 0.3 is 12.1 Å². The van der Waals surface area contributed by atoms with E-state index in [0.29, 0.717) is 6.07 Å². The molecule has 0 aliphatic heterocycles. The molecule has 0 fully saturated rings. The number of aromatic carboxylic acids is 1. The van der Waals surface area contributed by atoms with E-state index in [-0.39, 0.29) is 23.2 Å². The summed E-state index contributed by atoms with van der Waals surface area (Å²) < 4.78 is 38.9.